The van der Waals surface area contributed by atoms with Gasteiger partial charge >= 0.3 is 0 Å². The Morgan fingerprint density at radius 3 is 1.48 bits per heavy atom. The predicted molar refractivity (Wildman–Crippen MR) is 99.5 cm³/mol. The lowest BCUT2D eigenvalue weighted by Gasteiger charge is -2.11. The summed E-state index contributed by atoms with van der Waals surface area (Å²) in [6.45, 7) is -4.23. The van der Waals surface area contributed by atoms with Gasteiger partial charge in [0.2, 0.25) is 0 Å². The summed E-state index contributed by atoms with van der Waals surface area (Å²) in [7, 11) is 0. The van der Waals surface area contributed by atoms with Gasteiger partial charge in [-0.15, -0.1) is 0 Å². The molecule has 21 heavy (non-hydrogen) atoms. The summed E-state index contributed by atoms with van der Waals surface area (Å²) < 4.78 is 46.0. The van der Waals surface area contributed by atoms with E-state index in [9.17, 15) is 0 Å². The van der Waals surface area contributed by atoms with Crippen molar-refractivity contribution in [1.82, 2.24) is 0 Å². The summed E-state index contributed by atoms with van der Waals surface area (Å²) in [6.07, 6.45) is 0. The smallest absolute Gasteiger partial charge is 0.0287 e. The van der Waals surface area contributed by atoms with E-state index in [1.807, 2.05) is 42.5 Å². The highest BCUT2D eigenvalue weighted by atomic mass is 127. The zero-order valence-electron chi connectivity index (χ0n) is 17.2. The molecule has 3 aromatic carbocycles. The fourth-order valence-corrected chi connectivity index (χ4v) is 3.26. The minimum atomic E-state index is -2.11. The van der Waals surface area contributed by atoms with Crippen molar-refractivity contribution >= 4 is 22.6 Å². The van der Waals surface area contributed by atoms with Crippen molar-refractivity contribution in [3.63, 3.8) is 0 Å². The number of rotatable bonds is 2. The summed E-state index contributed by atoms with van der Waals surface area (Å²) in [4.78, 5) is 0. The zero-order valence-corrected chi connectivity index (χ0v) is 13.4. The molecule has 0 aliphatic rings. The van der Waals surface area contributed by atoms with E-state index in [4.69, 9.17) is 8.22 Å². The van der Waals surface area contributed by atoms with E-state index in [1.165, 1.54) is 0 Å². The maximum absolute atomic E-state index is 7.49. The molecule has 0 aliphatic carbocycles. The van der Waals surface area contributed by atoms with Gasteiger partial charge in [0, 0.05) is 11.8 Å². The first-order chi connectivity index (χ1) is 12.6. The Balaban J connectivity index is 1.99. The van der Waals surface area contributed by atoms with E-state index in [2.05, 4.69) is 22.6 Å². The Bertz CT molecular complexity index is 862. The molecular formula is C20H17I. The van der Waals surface area contributed by atoms with Gasteiger partial charge in [0.1, 0.15) is 0 Å². The van der Waals surface area contributed by atoms with Crippen LogP contribution >= 0.6 is 22.6 Å². The van der Waals surface area contributed by atoms with Crippen LogP contribution in [0.1, 0.15) is 19.4 Å². The molecule has 0 saturated carbocycles. The normalized spacial score (nSPS) is 16.0. The summed E-state index contributed by atoms with van der Waals surface area (Å²) >= 11 is 2.28. The van der Waals surface area contributed by atoms with Gasteiger partial charge in [-0.3, -0.25) is 0 Å². The Morgan fingerprint density at radius 2 is 1.10 bits per heavy atom. The van der Waals surface area contributed by atoms with Crippen LogP contribution in [-0.4, -0.2) is 0 Å². The van der Waals surface area contributed by atoms with Crippen molar-refractivity contribution in [2.24, 2.45) is 0 Å². The molecule has 0 amide bonds. The zero-order chi connectivity index (χ0) is 19.8. The number of benzene rings is 3. The highest BCUT2D eigenvalue weighted by Gasteiger charge is 2.09. The Labute approximate surface area is 148 Å². The van der Waals surface area contributed by atoms with Crippen LogP contribution in [0.5, 0.6) is 0 Å². The van der Waals surface area contributed by atoms with Gasteiger partial charge in [-0.2, -0.15) is 0 Å². The fourth-order valence-electron chi connectivity index (χ4n) is 2.28. The summed E-state index contributed by atoms with van der Waals surface area (Å²) in [5.41, 5.74) is 4.52. The highest BCUT2D eigenvalue weighted by Crippen LogP contribution is 2.33. The van der Waals surface area contributed by atoms with Crippen LogP contribution in [0.15, 0.2) is 66.7 Å². The standard InChI is InChI=1S/C20H17I/c1-14-6-10-16(11-7-14)18-4-3-5-19(20(18)21)17-12-8-15(2)9-13-17/h3-13H,1-2H3/i1D3,2D3. The van der Waals surface area contributed by atoms with E-state index in [0.717, 1.165) is 25.8 Å². The van der Waals surface area contributed by atoms with Crippen LogP contribution in [0.4, 0.5) is 0 Å². The fraction of sp³-hybridized carbons (Fsp3) is 0.100. The lowest BCUT2D eigenvalue weighted by molar-refractivity contribution is 1.45. The largest absolute Gasteiger partial charge is 0.0610 e. The third-order valence-electron chi connectivity index (χ3n) is 3.39. The van der Waals surface area contributed by atoms with Crippen LogP contribution in [0, 0.1) is 17.3 Å². The molecule has 104 valence electrons. The predicted octanol–water partition coefficient (Wildman–Crippen LogP) is 6.24. The molecule has 0 unspecified atom stereocenters. The van der Waals surface area contributed by atoms with Crippen LogP contribution in [0.25, 0.3) is 22.3 Å². The van der Waals surface area contributed by atoms with Crippen molar-refractivity contribution < 1.29 is 8.22 Å². The average molecular weight is 390 g/mol. The minimum Gasteiger partial charge on any atom is -0.0610 e. The van der Waals surface area contributed by atoms with Gasteiger partial charge in [0.25, 0.3) is 0 Å². The van der Waals surface area contributed by atoms with E-state index < -0.39 is 13.7 Å². The van der Waals surface area contributed by atoms with Gasteiger partial charge in [-0.05, 0) is 58.5 Å². The first-order valence-electron chi connectivity index (χ1n) is 9.58. The summed E-state index contributed by atoms with van der Waals surface area (Å²) in [6, 6.07) is 19.8. The van der Waals surface area contributed by atoms with Crippen LogP contribution < -0.4 is 0 Å². The molecule has 0 aromatic heterocycles. The topological polar surface area (TPSA) is 0 Å². The summed E-state index contributed by atoms with van der Waals surface area (Å²) in [5.74, 6) is 0. The molecule has 0 N–H and O–H groups in total. The number of hydrogen-bond donors (Lipinski definition) is 0. The van der Waals surface area contributed by atoms with Crippen LogP contribution in [-0.2, 0) is 0 Å². The monoisotopic (exact) mass is 390 g/mol. The van der Waals surface area contributed by atoms with Crippen molar-refractivity contribution in [1.29, 1.82) is 0 Å². The molecule has 0 spiro atoms. The minimum absolute atomic E-state index is 0.317. The second kappa shape index (κ2) is 6.02. The third-order valence-corrected chi connectivity index (χ3v) is 4.55. The van der Waals surface area contributed by atoms with Gasteiger partial charge in [-0.1, -0.05) is 77.9 Å². The molecule has 0 fully saturated rings. The van der Waals surface area contributed by atoms with Crippen molar-refractivity contribution in [3.8, 4) is 22.3 Å². The second-order valence-electron chi connectivity index (χ2n) is 4.82. The van der Waals surface area contributed by atoms with Gasteiger partial charge < -0.3 is 0 Å². The molecule has 0 nitrogen and oxygen atoms in total. The van der Waals surface area contributed by atoms with Crippen LogP contribution in [0.2, 0.25) is 0 Å². The lowest BCUT2D eigenvalue weighted by atomic mass is 9.98. The van der Waals surface area contributed by atoms with E-state index in [-0.39, 0.29) is 0 Å². The Kier molecular flexibility index (Phi) is 2.51. The van der Waals surface area contributed by atoms with Crippen molar-refractivity contribution in [2.45, 2.75) is 13.7 Å². The maximum Gasteiger partial charge on any atom is 0.0287 e. The Hall–Kier alpha value is -1.61. The number of halogens is 1. The SMILES string of the molecule is [2H]C([2H])([2H])c1ccc(-c2cccc(-c3ccc(C([2H])([2H])[2H])cc3)c2I)cc1. The molecular weight excluding hydrogens is 367 g/mol. The second-order valence-corrected chi connectivity index (χ2v) is 5.90. The quantitative estimate of drug-likeness (QED) is 0.454. The van der Waals surface area contributed by atoms with E-state index in [0.29, 0.717) is 11.1 Å². The molecule has 0 radical (unpaired) electrons. The highest BCUT2D eigenvalue weighted by molar-refractivity contribution is 14.1. The molecule has 0 saturated heterocycles. The molecule has 3 aromatic rings. The maximum atomic E-state index is 7.49. The average Bonchev–Trinajstić information content (AvgIpc) is 2.61. The van der Waals surface area contributed by atoms with E-state index in [1.54, 1.807) is 24.3 Å². The first kappa shape index (κ1) is 8.74. The van der Waals surface area contributed by atoms with Crippen molar-refractivity contribution in [2.75, 3.05) is 0 Å². The third kappa shape index (κ3) is 3.03. The number of hydrogen-bond acceptors (Lipinski definition) is 0. The molecule has 0 aliphatic heterocycles. The van der Waals surface area contributed by atoms with E-state index >= 15 is 0 Å². The molecule has 3 rings (SSSR count). The lowest BCUT2D eigenvalue weighted by Crippen LogP contribution is -1.88. The molecule has 0 heterocycles. The summed E-state index contributed by atoms with van der Waals surface area (Å²) in [5, 5.41) is 0. The first-order valence-corrected chi connectivity index (χ1v) is 7.65. The van der Waals surface area contributed by atoms with Crippen molar-refractivity contribution in [3.05, 3.63) is 81.4 Å². The van der Waals surface area contributed by atoms with Gasteiger partial charge in [0.05, 0.1) is 0 Å². The van der Waals surface area contributed by atoms with Crippen LogP contribution in [0.3, 0.4) is 0 Å². The number of aryl methyl sites for hydroxylation is 2. The Morgan fingerprint density at radius 1 is 0.667 bits per heavy atom. The molecule has 0 bridgehead atoms. The van der Waals surface area contributed by atoms with Gasteiger partial charge in [-0.25, -0.2) is 0 Å². The molecule has 0 atom stereocenters. The van der Waals surface area contributed by atoms with Gasteiger partial charge in [0.15, 0.2) is 0 Å². The molecule has 1 heteroatoms.